The molecule has 25 heavy (non-hydrogen) atoms. The van der Waals surface area contributed by atoms with E-state index >= 15 is 0 Å². The molecule has 1 aromatic heterocycles. The van der Waals surface area contributed by atoms with E-state index in [1.54, 1.807) is 36.1 Å². The van der Waals surface area contributed by atoms with E-state index in [4.69, 9.17) is 0 Å². The van der Waals surface area contributed by atoms with Gasteiger partial charge in [0.1, 0.15) is 11.6 Å². The van der Waals surface area contributed by atoms with Crippen LogP contribution in [0.4, 0.5) is 4.39 Å². The molecule has 1 N–H and O–H groups in total. The molecule has 0 atom stereocenters. The monoisotopic (exact) mass is 343 g/mol. The normalized spacial score (nSPS) is 11.4. The molecule has 0 aliphatic heterocycles. The summed E-state index contributed by atoms with van der Waals surface area (Å²) in [5.41, 5.74) is 1.37. The SMILES string of the molecule is C=CCCCN(C)C(=NC)NCc1ccc(-n2ccnc2C)c(F)c1. The number of hydrogen-bond donors (Lipinski definition) is 1. The summed E-state index contributed by atoms with van der Waals surface area (Å²) in [5, 5.41) is 3.27. The highest BCUT2D eigenvalue weighted by Crippen LogP contribution is 2.16. The van der Waals surface area contributed by atoms with E-state index < -0.39 is 0 Å². The molecule has 134 valence electrons. The second kappa shape index (κ2) is 9.01. The van der Waals surface area contributed by atoms with Gasteiger partial charge in [-0.05, 0) is 37.5 Å². The lowest BCUT2D eigenvalue weighted by Gasteiger charge is -2.22. The summed E-state index contributed by atoms with van der Waals surface area (Å²) in [5.74, 6) is 1.28. The number of allylic oxidation sites excluding steroid dienone is 1. The maximum absolute atomic E-state index is 14.4. The second-order valence-corrected chi connectivity index (χ2v) is 5.88. The van der Waals surface area contributed by atoms with Gasteiger partial charge in [-0.2, -0.15) is 0 Å². The maximum Gasteiger partial charge on any atom is 0.193 e. The molecule has 1 heterocycles. The van der Waals surface area contributed by atoms with Crippen molar-refractivity contribution >= 4 is 5.96 Å². The molecule has 0 amide bonds. The van der Waals surface area contributed by atoms with Gasteiger partial charge in [0.2, 0.25) is 0 Å². The molecular formula is C19H26FN5. The Bertz CT molecular complexity index is 735. The van der Waals surface area contributed by atoms with Crippen molar-refractivity contribution in [3.05, 3.63) is 60.5 Å². The molecule has 1 aromatic carbocycles. The minimum atomic E-state index is -0.269. The average molecular weight is 343 g/mol. The summed E-state index contributed by atoms with van der Waals surface area (Å²) >= 11 is 0. The Morgan fingerprint density at radius 2 is 2.28 bits per heavy atom. The highest BCUT2D eigenvalue weighted by molar-refractivity contribution is 5.79. The molecule has 0 saturated carbocycles. The molecular weight excluding hydrogens is 317 g/mol. The zero-order valence-corrected chi connectivity index (χ0v) is 15.2. The minimum absolute atomic E-state index is 0.269. The largest absolute Gasteiger partial charge is 0.352 e. The fourth-order valence-corrected chi connectivity index (χ4v) is 2.63. The van der Waals surface area contributed by atoms with Gasteiger partial charge in [0, 0.05) is 39.6 Å². The summed E-state index contributed by atoms with van der Waals surface area (Å²) in [6, 6.07) is 5.24. The van der Waals surface area contributed by atoms with Crippen molar-refractivity contribution in [2.45, 2.75) is 26.3 Å². The van der Waals surface area contributed by atoms with Crippen LogP contribution in [0.5, 0.6) is 0 Å². The number of halogens is 1. The van der Waals surface area contributed by atoms with Gasteiger partial charge in [-0.15, -0.1) is 6.58 Å². The Kier molecular flexibility index (Phi) is 6.74. The number of rotatable bonds is 7. The molecule has 0 radical (unpaired) electrons. The highest BCUT2D eigenvalue weighted by atomic mass is 19.1. The first-order chi connectivity index (χ1) is 12.1. The van der Waals surface area contributed by atoms with Crippen molar-refractivity contribution < 1.29 is 4.39 Å². The van der Waals surface area contributed by atoms with E-state index in [0.717, 1.165) is 36.7 Å². The molecule has 0 saturated heterocycles. The third-order valence-electron chi connectivity index (χ3n) is 4.02. The van der Waals surface area contributed by atoms with Crippen LogP contribution in [-0.2, 0) is 6.54 Å². The van der Waals surface area contributed by atoms with Gasteiger partial charge in [0.15, 0.2) is 5.96 Å². The molecule has 0 aliphatic rings. The third-order valence-corrected chi connectivity index (χ3v) is 4.02. The van der Waals surface area contributed by atoms with Crippen molar-refractivity contribution in [1.29, 1.82) is 0 Å². The van der Waals surface area contributed by atoms with Crippen LogP contribution >= 0.6 is 0 Å². The smallest absolute Gasteiger partial charge is 0.193 e. The van der Waals surface area contributed by atoms with Crippen LogP contribution in [0.25, 0.3) is 5.69 Å². The number of unbranched alkanes of at least 4 members (excludes halogenated alkanes) is 1. The summed E-state index contributed by atoms with van der Waals surface area (Å²) in [7, 11) is 3.74. The number of nitrogens with one attached hydrogen (secondary N) is 1. The van der Waals surface area contributed by atoms with Crippen LogP contribution in [0, 0.1) is 12.7 Å². The Balaban J connectivity index is 2.00. The number of guanidine groups is 1. The number of hydrogen-bond acceptors (Lipinski definition) is 2. The first-order valence-corrected chi connectivity index (χ1v) is 8.38. The van der Waals surface area contributed by atoms with Gasteiger partial charge >= 0.3 is 0 Å². The third kappa shape index (κ3) is 4.92. The van der Waals surface area contributed by atoms with Crippen molar-refractivity contribution in [3.8, 4) is 5.69 Å². The number of benzene rings is 1. The summed E-state index contributed by atoms with van der Waals surface area (Å²) in [4.78, 5) is 10.5. The van der Waals surface area contributed by atoms with Crippen LogP contribution in [0.2, 0.25) is 0 Å². The van der Waals surface area contributed by atoms with Crippen molar-refractivity contribution in [1.82, 2.24) is 19.8 Å². The predicted octanol–water partition coefficient (Wildman–Crippen LogP) is 3.29. The number of nitrogens with zero attached hydrogens (tertiary/aromatic N) is 4. The van der Waals surface area contributed by atoms with Crippen LogP contribution in [-0.4, -0.2) is 41.1 Å². The standard InChI is InChI=1S/C19H26FN5/c1-5-6-7-11-24(4)19(21-3)23-14-16-8-9-18(17(20)13-16)25-12-10-22-15(25)2/h5,8-10,12-13H,1,6-7,11,14H2,2-4H3,(H,21,23). The van der Waals surface area contributed by atoms with Gasteiger partial charge in [-0.3, -0.25) is 4.99 Å². The second-order valence-electron chi connectivity index (χ2n) is 5.88. The molecule has 2 rings (SSSR count). The van der Waals surface area contributed by atoms with E-state index in [0.29, 0.717) is 12.2 Å². The maximum atomic E-state index is 14.4. The first-order valence-electron chi connectivity index (χ1n) is 8.38. The summed E-state index contributed by atoms with van der Waals surface area (Å²) in [6.07, 6.45) is 7.33. The van der Waals surface area contributed by atoms with Crippen LogP contribution in [0.3, 0.4) is 0 Å². The summed E-state index contributed by atoms with van der Waals surface area (Å²) in [6.45, 7) is 6.98. The number of aryl methyl sites for hydroxylation is 1. The molecule has 6 heteroatoms. The lowest BCUT2D eigenvalue weighted by molar-refractivity contribution is 0.469. The molecule has 0 bridgehead atoms. The Labute approximate surface area is 148 Å². The summed E-state index contributed by atoms with van der Waals surface area (Å²) < 4.78 is 16.2. The zero-order chi connectivity index (χ0) is 18.2. The van der Waals surface area contributed by atoms with Gasteiger partial charge < -0.3 is 14.8 Å². The zero-order valence-electron chi connectivity index (χ0n) is 15.2. The highest BCUT2D eigenvalue weighted by Gasteiger charge is 2.09. The number of imidazole rings is 1. The van der Waals surface area contributed by atoms with E-state index in [1.807, 2.05) is 26.1 Å². The quantitative estimate of drug-likeness (QED) is 0.363. The van der Waals surface area contributed by atoms with Crippen LogP contribution < -0.4 is 5.32 Å². The number of aliphatic imine (C=N–C) groups is 1. The molecule has 0 unspecified atom stereocenters. The van der Waals surface area contributed by atoms with Crippen LogP contribution in [0.15, 0.2) is 48.2 Å². The van der Waals surface area contributed by atoms with E-state index in [9.17, 15) is 4.39 Å². The van der Waals surface area contributed by atoms with E-state index in [1.165, 1.54) is 0 Å². The average Bonchev–Trinajstić information content (AvgIpc) is 3.01. The molecule has 0 fully saturated rings. The van der Waals surface area contributed by atoms with Gasteiger partial charge in [-0.1, -0.05) is 12.1 Å². The molecule has 0 aliphatic carbocycles. The Hall–Kier alpha value is -2.63. The van der Waals surface area contributed by atoms with Gasteiger partial charge in [-0.25, -0.2) is 9.37 Å². The van der Waals surface area contributed by atoms with Crippen molar-refractivity contribution in [2.75, 3.05) is 20.6 Å². The van der Waals surface area contributed by atoms with Crippen molar-refractivity contribution in [3.63, 3.8) is 0 Å². The number of aromatic nitrogens is 2. The predicted molar refractivity (Wildman–Crippen MR) is 101 cm³/mol. The fourth-order valence-electron chi connectivity index (χ4n) is 2.63. The van der Waals surface area contributed by atoms with E-state index in [-0.39, 0.29) is 5.82 Å². The molecule has 2 aromatic rings. The van der Waals surface area contributed by atoms with Crippen molar-refractivity contribution in [2.24, 2.45) is 4.99 Å². The van der Waals surface area contributed by atoms with E-state index in [2.05, 4.69) is 26.8 Å². The van der Waals surface area contributed by atoms with Gasteiger partial charge in [0.25, 0.3) is 0 Å². The lowest BCUT2D eigenvalue weighted by atomic mass is 10.2. The first kappa shape index (κ1) is 18.7. The minimum Gasteiger partial charge on any atom is -0.352 e. The topological polar surface area (TPSA) is 45.5 Å². The van der Waals surface area contributed by atoms with Gasteiger partial charge in [0.05, 0.1) is 5.69 Å². The fraction of sp³-hybridized carbons (Fsp3) is 0.368. The Morgan fingerprint density at radius 3 is 2.88 bits per heavy atom. The van der Waals surface area contributed by atoms with Crippen LogP contribution in [0.1, 0.15) is 24.2 Å². The molecule has 5 nitrogen and oxygen atoms in total. The molecule has 0 spiro atoms. The lowest BCUT2D eigenvalue weighted by Crippen LogP contribution is -2.39. The Morgan fingerprint density at radius 1 is 1.48 bits per heavy atom.